The molecule has 10 heteroatoms. The Hall–Kier alpha value is -2.98. The number of benzene rings is 4. The molecule has 7 nitrogen and oxygen atoms in total. The molecule has 1 aliphatic heterocycles. The molecule has 0 amide bonds. The van der Waals surface area contributed by atoms with E-state index in [1.54, 1.807) is 0 Å². The van der Waals surface area contributed by atoms with E-state index in [0.29, 0.717) is 6.61 Å². The van der Waals surface area contributed by atoms with Crippen molar-refractivity contribution in [1.29, 1.82) is 5.41 Å². The highest BCUT2D eigenvalue weighted by atomic mass is 35.6. The average molecular weight is 685 g/mol. The van der Waals surface area contributed by atoms with Gasteiger partial charge in [-0.15, -0.1) is 0 Å². The molecule has 0 spiro atoms. The highest BCUT2D eigenvalue weighted by molar-refractivity contribution is 6.76. The molecule has 0 radical (unpaired) electrons. The molecule has 4 aromatic rings. The smallest absolute Gasteiger partial charge is 0.265 e. The van der Waals surface area contributed by atoms with Gasteiger partial charge in [0.2, 0.25) is 12.2 Å². The quantitative estimate of drug-likeness (QED) is 0.0823. The standard InChI is InChI=1S/C36H36Cl3NO6/c37-36(38,39)35(40)46-34-33(44-24-29-19-11-4-12-20-29)32(43-23-28-17-9-3-10-18-28)31(42-22-27-15-7-2-8-16-27)30(45-34)25-41-21-26-13-5-1-6-14-26/h1-20,30-34,40H,21-25H2/t30-,31-,32+,33+,34+/m1/s1. The van der Waals surface area contributed by atoms with E-state index in [0.717, 1.165) is 22.3 Å². The zero-order valence-corrected chi connectivity index (χ0v) is 27.3. The molecule has 0 saturated carbocycles. The fraction of sp³-hybridized carbons (Fsp3) is 0.306. The van der Waals surface area contributed by atoms with Gasteiger partial charge in [-0.05, 0) is 22.3 Å². The summed E-state index contributed by atoms with van der Waals surface area (Å²) in [5.74, 6) is -0.606. The summed E-state index contributed by atoms with van der Waals surface area (Å²) in [6.45, 7) is 1.24. The zero-order chi connectivity index (χ0) is 32.2. The second-order valence-corrected chi connectivity index (χ2v) is 13.1. The van der Waals surface area contributed by atoms with Crippen LogP contribution in [0.2, 0.25) is 0 Å². The number of hydrogen-bond donors (Lipinski definition) is 1. The lowest BCUT2D eigenvalue weighted by molar-refractivity contribution is -0.313. The SMILES string of the molecule is N=C(O[C@@H]1O[C@H](COCc2ccccc2)[C@@H](OCc2ccccc2)[C@H](OCc2ccccc2)[C@@H]1OCc1ccccc1)C(Cl)(Cl)Cl. The number of rotatable bonds is 14. The third kappa shape index (κ3) is 10.3. The number of nitrogens with one attached hydrogen (secondary N) is 1. The van der Waals surface area contributed by atoms with Crippen LogP contribution in [0.25, 0.3) is 0 Å². The van der Waals surface area contributed by atoms with Crippen molar-refractivity contribution >= 4 is 40.7 Å². The molecule has 1 saturated heterocycles. The Labute approximate surface area is 284 Å². The molecule has 242 valence electrons. The van der Waals surface area contributed by atoms with Crippen molar-refractivity contribution < 1.29 is 28.4 Å². The maximum atomic E-state index is 8.37. The number of hydrogen-bond acceptors (Lipinski definition) is 7. The van der Waals surface area contributed by atoms with E-state index in [2.05, 4.69) is 0 Å². The summed E-state index contributed by atoms with van der Waals surface area (Å²) in [6, 6.07) is 39.2. The van der Waals surface area contributed by atoms with Crippen LogP contribution in [0.4, 0.5) is 0 Å². The van der Waals surface area contributed by atoms with E-state index in [-0.39, 0.29) is 26.4 Å². The predicted octanol–water partition coefficient (Wildman–Crippen LogP) is 8.05. The zero-order valence-electron chi connectivity index (χ0n) is 25.1. The topological polar surface area (TPSA) is 79.2 Å². The van der Waals surface area contributed by atoms with Crippen molar-refractivity contribution in [3.05, 3.63) is 144 Å². The number of alkyl halides is 3. The molecule has 1 heterocycles. The van der Waals surface area contributed by atoms with Crippen LogP contribution in [0.3, 0.4) is 0 Å². The van der Waals surface area contributed by atoms with E-state index in [1.165, 1.54) is 0 Å². The second kappa shape index (κ2) is 17.3. The van der Waals surface area contributed by atoms with Crippen LogP contribution in [-0.4, -0.2) is 47.0 Å². The van der Waals surface area contributed by atoms with E-state index in [9.17, 15) is 0 Å². The predicted molar refractivity (Wildman–Crippen MR) is 179 cm³/mol. The largest absolute Gasteiger partial charge is 0.445 e. The lowest BCUT2D eigenvalue weighted by Gasteiger charge is -2.46. The maximum Gasteiger partial charge on any atom is 0.265 e. The van der Waals surface area contributed by atoms with Gasteiger partial charge in [-0.3, -0.25) is 5.41 Å². The fourth-order valence-corrected chi connectivity index (χ4v) is 5.16. The van der Waals surface area contributed by atoms with E-state index >= 15 is 0 Å². The van der Waals surface area contributed by atoms with E-state index in [1.807, 2.05) is 121 Å². The Balaban J connectivity index is 1.46. The summed E-state index contributed by atoms with van der Waals surface area (Å²) in [5.41, 5.74) is 3.87. The normalized spacial score (nSPS) is 21.5. The molecular formula is C36H36Cl3NO6. The molecule has 0 aliphatic carbocycles. The van der Waals surface area contributed by atoms with Crippen LogP contribution in [0.5, 0.6) is 0 Å². The first-order chi connectivity index (χ1) is 22.4. The number of ether oxygens (including phenoxy) is 6. The van der Waals surface area contributed by atoms with Crippen LogP contribution in [0.1, 0.15) is 22.3 Å². The first-order valence-electron chi connectivity index (χ1n) is 14.9. The second-order valence-electron chi connectivity index (χ2n) is 10.8. The van der Waals surface area contributed by atoms with Gasteiger partial charge in [-0.2, -0.15) is 0 Å². The molecule has 4 aromatic carbocycles. The Kier molecular flexibility index (Phi) is 12.9. The molecule has 0 aromatic heterocycles. The van der Waals surface area contributed by atoms with E-state index in [4.69, 9.17) is 68.6 Å². The highest BCUT2D eigenvalue weighted by Crippen LogP contribution is 2.34. The molecule has 0 unspecified atom stereocenters. The van der Waals surface area contributed by atoms with Crippen LogP contribution in [-0.2, 0) is 54.8 Å². The summed E-state index contributed by atoms with van der Waals surface area (Å²) in [4.78, 5) is 0. The lowest BCUT2D eigenvalue weighted by Crippen LogP contribution is -2.62. The van der Waals surface area contributed by atoms with Crippen molar-refractivity contribution in [2.75, 3.05) is 6.61 Å². The minimum Gasteiger partial charge on any atom is -0.445 e. The minimum absolute atomic E-state index is 0.131. The summed E-state index contributed by atoms with van der Waals surface area (Å²) in [5, 5.41) is 8.37. The minimum atomic E-state index is -2.12. The first kappa shape index (κ1) is 34.4. The van der Waals surface area contributed by atoms with Gasteiger partial charge in [0.25, 0.3) is 3.79 Å². The van der Waals surface area contributed by atoms with Crippen molar-refractivity contribution in [3.8, 4) is 0 Å². The van der Waals surface area contributed by atoms with Gasteiger partial charge in [0.15, 0.2) is 0 Å². The van der Waals surface area contributed by atoms with Gasteiger partial charge in [0, 0.05) is 0 Å². The fourth-order valence-electron chi connectivity index (χ4n) is 5.02. The summed E-state index contributed by atoms with van der Waals surface area (Å²) >= 11 is 18.1. The third-order valence-electron chi connectivity index (χ3n) is 7.33. The molecule has 1 N–H and O–H groups in total. The molecule has 5 rings (SSSR count). The summed E-state index contributed by atoms with van der Waals surface area (Å²) in [6.07, 6.45) is -4.17. The molecular weight excluding hydrogens is 649 g/mol. The van der Waals surface area contributed by atoms with Gasteiger partial charge in [-0.25, -0.2) is 0 Å². The van der Waals surface area contributed by atoms with Crippen LogP contribution >= 0.6 is 34.8 Å². The highest BCUT2D eigenvalue weighted by Gasteiger charge is 2.51. The molecule has 1 aliphatic rings. The third-order valence-corrected chi connectivity index (χ3v) is 7.85. The monoisotopic (exact) mass is 683 g/mol. The van der Waals surface area contributed by atoms with Gasteiger partial charge in [0.1, 0.15) is 24.4 Å². The average Bonchev–Trinajstić information content (AvgIpc) is 3.07. The van der Waals surface area contributed by atoms with Crippen molar-refractivity contribution in [3.63, 3.8) is 0 Å². The van der Waals surface area contributed by atoms with Crippen LogP contribution in [0, 0.1) is 5.41 Å². The molecule has 46 heavy (non-hydrogen) atoms. The van der Waals surface area contributed by atoms with Gasteiger partial charge in [-0.1, -0.05) is 156 Å². The first-order valence-corrected chi connectivity index (χ1v) is 16.1. The Bertz CT molecular complexity index is 1460. The lowest BCUT2D eigenvalue weighted by atomic mass is 9.97. The molecule has 0 bridgehead atoms. The van der Waals surface area contributed by atoms with Crippen molar-refractivity contribution in [2.24, 2.45) is 0 Å². The van der Waals surface area contributed by atoms with Gasteiger partial charge in [0.05, 0.1) is 33.0 Å². The Morgan fingerprint density at radius 1 is 0.565 bits per heavy atom. The van der Waals surface area contributed by atoms with Crippen LogP contribution in [0.15, 0.2) is 121 Å². The molecule has 5 atom stereocenters. The van der Waals surface area contributed by atoms with Gasteiger partial charge >= 0.3 is 0 Å². The Morgan fingerprint density at radius 3 is 1.39 bits per heavy atom. The van der Waals surface area contributed by atoms with E-state index < -0.39 is 40.4 Å². The summed E-state index contributed by atoms with van der Waals surface area (Å²) in [7, 11) is 0. The maximum absolute atomic E-state index is 8.37. The Morgan fingerprint density at radius 2 is 0.957 bits per heavy atom. The van der Waals surface area contributed by atoms with Crippen molar-refractivity contribution in [1.82, 2.24) is 0 Å². The molecule has 1 fully saturated rings. The van der Waals surface area contributed by atoms with Crippen LogP contribution < -0.4 is 0 Å². The summed E-state index contributed by atoms with van der Waals surface area (Å²) < 4.78 is 36.1. The van der Waals surface area contributed by atoms with Gasteiger partial charge < -0.3 is 28.4 Å². The number of halogens is 3. The van der Waals surface area contributed by atoms with Crippen molar-refractivity contribution in [2.45, 2.75) is 60.9 Å².